The third-order valence-electron chi connectivity index (χ3n) is 12.8. The third-order valence-corrected chi connectivity index (χ3v) is 12.8. The van der Waals surface area contributed by atoms with E-state index in [9.17, 15) is 15.0 Å². The molecule has 4 saturated carbocycles. The van der Waals surface area contributed by atoms with Gasteiger partial charge in [0.2, 0.25) is 0 Å². The van der Waals surface area contributed by atoms with Gasteiger partial charge in [0.25, 0.3) is 0 Å². The van der Waals surface area contributed by atoms with E-state index >= 15 is 0 Å². The molecule has 32 heavy (non-hydrogen) atoms. The highest BCUT2D eigenvalue weighted by atomic mass is 16.3. The molecule has 0 heterocycles. The van der Waals surface area contributed by atoms with Crippen LogP contribution in [0.15, 0.2) is 11.6 Å². The Hall–Kier alpha value is -0.670. The summed E-state index contributed by atoms with van der Waals surface area (Å²) in [6.07, 6.45) is 13.9. The number of carbonyl (C=O) groups is 1. The van der Waals surface area contributed by atoms with Crippen LogP contribution in [0.1, 0.15) is 106 Å². The zero-order chi connectivity index (χ0) is 23.4. The van der Waals surface area contributed by atoms with Gasteiger partial charge in [-0.25, -0.2) is 0 Å². The number of aliphatic hydroxyl groups excluding tert-OH is 1. The van der Waals surface area contributed by atoms with E-state index in [1.54, 1.807) is 5.57 Å². The first-order chi connectivity index (χ1) is 14.8. The van der Waals surface area contributed by atoms with Gasteiger partial charge in [0.05, 0.1) is 11.7 Å². The van der Waals surface area contributed by atoms with Crippen molar-refractivity contribution in [3.8, 4) is 0 Å². The Bertz CT molecular complexity index is 845. The molecule has 10 unspecified atom stereocenters. The molecule has 0 amide bonds. The van der Waals surface area contributed by atoms with Crippen molar-refractivity contribution in [1.29, 1.82) is 0 Å². The summed E-state index contributed by atoms with van der Waals surface area (Å²) in [5, 5.41) is 22.0. The van der Waals surface area contributed by atoms with E-state index in [2.05, 4.69) is 40.7 Å². The second-order valence-electron chi connectivity index (χ2n) is 14.3. The largest absolute Gasteiger partial charge is 0.390 e. The Kier molecular flexibility index (Phi) is 4.85. The normalized spacial score (nSPS) is 59.7. The van der Waals surface area contributed by atoms with Gasteiger partial charge in [0, 0.05) is 5.41 Å². The summed E-state index contributed by atoms with van der Waals surface area (Å²) in [6.45, 7) is 14.1. The molecule has 5 aliphatic rings. The van der Waals surface area contributed by atoms with Crippen LogP contribution < -0.4 is 0 Å². The summed E-state index contributed by atoms with van der Waals surface area (Å²) >= 11 is 0. The van der Waals surface area contributed by atoms with Crippen LogP contribution in [-0.2, 0) is 4.79 Å². The Balaban J connectivity index is 1.57. The van der Waals surface area contributed by atoms with Crippen molar-refractivity contribution < 1.29 is 15.0 Å². The molecule has 0 aliphatic heterocycles. The third kappa shape index (κ3) is 2.70. The summed E-state index contributed by atoms with van der Waals surface area (Å²) in [5.41, 5.74) is 1.26. The highest BCUT2D eigenvalue weighted by Crippen LogP contribution is 2.74. The van der Waals surface area contributed by atoms with Gasteiger partial charge in [0.15, 0.2) is 0 Å². The van der Waals surface area contributed by atoms with Gasteiger partial charge in [-0.2, -0.15) is 0 Å². The predicted octanol–water partition coefficient (Wildman–Crippen LogP) is 6.07. The van der Waals surface area contributed by atoms with Gasteiger partial charge >= 0.3 is 0 Å². The molecule has 180 valence electrons. The monoisotopic (exact) mass is 442 g/mol. The molecule has 0 aromatic heterocycles. The van der Waals surface area contributed by atoms with E-state index in [1.165, 1.54) is 25.5 Å². The molecular weight excluding hydrogens is 396 g/mol. The van der Waals surface area contributed by atoms with Crippen LogP contribution in [0.25, 0.3) is 0 Å². The summed E-state index contributed by atoms with van der Waals surface area (Å²) < 4.78 is 0. The average Bonchev–Trinajstić information content (AvgIpc) is 2.73. The fourth-order valence-electron chi connectivity index (χ4n) is 10.1. The first-order valence-corrected chi connectivity index (χ1v) is 13.3. The van der Waals surface area contributed by atoms with E-state index in [-0.39, 0.29) is 27.6 Å². The lowest BCUT2D eigenvalue weighted by Gasteiger charge is -2.71. The maximum Gasteiger partial charge on any atom is 0.125 e. The summed E-state index contributed by atoms with van der Waals surface area (Å²) in [7, 11) is 0. The number of carbonyl (C=O) groups excluding carboxylic acids is 1. The van der Waals surface area contributed by atoms with Crippen LogP contribution >= 0.6 is 0 Å². The van der Waals surface area contributed by atoms with Crippen LogP contribution in [0.5, 0.6) is 0 Å². The number of allylic oxidation sites excluding steroid dienone is 2. The number of hydrogen-bond acceptors (Lipinski definition) is 3. The van der Waals surface area contributed by atoms with Crippen molar-refractivity contribution >= 4 is 6.29 Å². The number of hydrogen-bond donors (Lipinski definition) is 2. The summed E-state index contributed by atoms with van der Waals surface area (Å²) in [5.74, 6) is 1.22. The zero-order valence-electron chi connectivity index (χ0n) is 21.3. The molecule has 5 aliphatic carbocycles. The van der Waals surface area contributed by atoms with E-state index in [0.717, 1.165) is 38.5 Å². The average molecular weight is 443 g/mol. The van der Waals surface area contributed by atoms with Crippen LogP contribution in [0.4, 0.5) is 0 Å². The molecule has 0 saturated heterocycles. The second-order valence-corrected chi connectivity index (χ2v) is 14.3. The molecule has 0 spiro atoms. The predicted molar refractivity (Wildman–Crippen MR) is 128 cm³/mol. The quantitative estimate of drug-likeness (QED) is 0.382. The van der Waals surface area contributed by atoms with Gasteiger partial charge in [-0.15, -0.1) is 0 Å². The van der Waals surface area contributed by atoms with Crippen molar-refractivity contribution in [1.82, 2.24) is 0 Å². The minimum atomic E-state index is -0.987. The molecule has 0 radical (unpaired) electrons. The van der Waals surface area contributed by atoms with Crippen LogP contribution in [0, 0.1) is 44.8 Å². The van der Waals surface area contributed by atoms with Crippen LogP contribution in [0.3, 0.4) is 0 Å². The maximum atomic E-state index is 12.0. The Morgan fingerprint density at radius 3 is 2.28 bits per heavy atom. The summed E-state index contributed by atoms with van der Waals surface area (Å²) in [6, 6.07) is 0. The molecule has 4 fully saturated rings. The van der Waals surface area contributed by atoms with E-state index < -0.39 is 11.7 Å². The maximum absolute atomic E-state index is 12.0. The van der Waals surface area contributed by atoms with Gasteiger partial charge in [-0.05, 0) is 111 Å². The first kappa shape index (κ1) is 23.1. The van der Waals surface area contributed by atoms with Crippen molar-refractivity contribution in [3.05, 3.63) is 11.6 Å². The van der Waals surface area contributed by atoms with E-state index in [4.69, 9.17) is 0 Å². The molecule has 2 N–H and O–H groups in total. The fourth-order valence-corrected chi connectivity index (χ4v) is 10.1. The van der Waals surface area contributed by atoms with Crippen molar-refractivity contribution in [2.75, 3.05) is 0 Å². The van der Waals surface area contributed by atoms with Crippen molar-refractivity contribution in [2.24, 2.45) is 44.8 Å². The van der Waals surface area contributed by atoms with Gasteiger partial charge < -0.3 is 15.0 Å². The van der Waals surface area contributed by atoms with Gasteiger partial charge in [-0.1, -0.05) is 46.3 Å². The highest BCUT2D eigenvalue weighted by Gasteiger charge is 2.68. The Labute approximate surface area is 195 Å². The van der Waals surface area contributed by atoms with Crippen LogP contribution in [-0.4, -0.2) is 28.2 Å². The molecular formula is C29H46O3. The smallest absolute Gasteiger partial charge is 0.125 e. The first-order valence-electron chi connectivity index (χ1n) is 13.3. The molecule has 0 bridgehead atoms. The molecule has 3 nitrogen and oxygen atoms in total. The zero-order valence-corrected chi connectivity index (χ0v) is 21.3. The summed E-state index contributed by atoms with van der Waals surface area (Å²) in [4.78, 5) is 12.0. The molecule has 0 aromatic carbocycles. The molecule has 3 heteroatoms. The number of aldehydes is 1. The van der Waals surface area contributed by atoms with E-state index in [0.29, 0.717) is 23.7 Å². The molecule has 10 atom stereocenters. The van der Waals surface area contributed by atoms with Gasteiger partial charge in [-0.3, -0.25) is 0 Å². The van der Waals surface area contributed by atoms with Gasteiger partial charge in [0.1, 0.15) is 6.29 Å². The molecule has 0 aromatic rings. The highest BCUT2D eigenvalue weighted by molar-refractivity contribution is 5.59. The standard InChI is InChI=1S/C29H46O3/c1-24(18-30)13-14-25(2)15-16-27(4)19(20(25)17-24)7-8-21-26(3)11-10-23(31)29(6,32)22(26)9-12-28(21,27)5/h7,18,20-23,31-32H,8-17H2,1-6H3. The minimum absolute atomic E-state index is 0.0609. The van der Waals surface area contributed by atoms with Crippen molar-refractivity contribution in [2.45, 2.75) is 117 Å². The van der Waals surface area contributed by atoms with E-state index in [1.807, 2.05) is 6.92 Å². The number of fused-ring (bicyclic) bond motifs is 7. The fraction of sp³-hybridized carbons (Fsp3) is 0.897. The topological polar surface area (TPSA) is 57.5 Å². The lowest BCUT2D eigenvalue weighted by Crippen LogP contribution is -2.66. The number of rotatable bonds is 1. The lowest BCUT2D eigenvalue weighted by molar-refractivity contribution is -0.233. The van der Waals surface area contributed by atoms with Crippen molar-refractivity contribution in [3.63, 3.8) is 0 Å². The minimum Gasteiger partial charge on any atom is -0.390 e. The second kappa shape index (κ2) is 6.72. The SMILES string of the molecule is CC1(C=O)CCC2(C)CCC3(C)C(=CCC4C5(C)CCC(O)C(C)(O)C5CCC43C)C2C1. The Morgan fingerprint density at radius 1 is 0.906 bits per heavy atom. The molecule has 5 rings (SSSR count). The Morgan fingerprint density at radius 2 is 1.59 bits per heavy atom. The lowest BCUT2D eigenvalue weighted by atomic mass is 9.34. The van der Waals surface area contributed by atoms with Crippen LogP contribution in [0.2, 0.25) is 0 Å². The number of aliphatic hydroxyl groups is 2.